The molecule has 1 heterocycles. The fraction of sp³-hybridized carbons (Fsp3) is 0.235. The first-order chi connectivity index (χ1) is 11.3. The minimum Gasteiger partial charge on any atom is -0.493 e. The number of sulfonamides is 1. The van der Waals surface area contributed by atoms with Crippen LogP contribution in [0.5, 0.6) is 5.75 Å². The maximum absolute atomic E-state index is 12.8. The molecule has 0 unspecified atom stereocenters. The van der Waals surface area contributed by atoms with Gasteiger partial charge in [0.2, 0.25) is 0 Å². The van der Waals surface area contributed by atoms with E-state index in [-0.39, 0.29) is 16.0 Å². The number of nitrogens with one attached hydrogen (secondary N) is 1. The Morgan fingerprint density at radius 1 is 1.21 bits per heavy atom. The number of fused-ring (bicyclic) bond motifs is 1. The zero-order valence-electron chi connectivity index (χ0n) is 13.3. The fourth-order valence-electron chi connectivity index (χ4n) is 2.97. The van der Waals surface area contributed by atoms with Gasteiger partial charge in [-0.15, -0.1) is 0 Å². The van der Waals surface area contributed by atoms with Crippen LogP contribution in [0.1, 0.15) is 27.0 Å². The Morgan fingerprint density at radius 2 is 1.96 bits per heavy atom. The molecule has 0 fully saturated rings. The molecule has 2 aromatic rings. The van der Waals surface area contributed by atoms with Crippen molar-refractivity contribution in [2.45, 2.75) is 25.2 Å². The molecule has 0 saturated carbocycles. The lowest BCUT2D eigenvalue weighted by atomic mass is 10.0. The smallest absolute Gasteiger partial charge is 0.336 e. The van der Waals surface area contributed by atoms with Gasteiger partial charge in [0.1, 0.15) is 5.75 Å². The second kappa shape index (κ2) is 5.83. The van der Waals surface area contributed by atoms with Crippen LogP contribution in [-0.4, -0.2) is 26.1 Å². The average Bonchev–Trinajstić information content (AvgIpc) is 2.95. The number of ether oxygens (including phenoxy) is 1. The molecule has 0 bridgehead atoms. The molecule has 2 N–H and O–H groups in total. The molecule has 0 atom stereocenters. The van der Waals surface area contributed by atoms with Gasteiger partial charge in [-0.05, 0) is 43.2 Å². The first kappa shape index (κ1) is 16.3. The minimum atomic E-state index is -3.91. The molecule has 1 aliphatic heterocycles. The Balaban J connectivity index is 2.06. The number of hydrogen-bond acceptors (Lipinski definition) is 4. The Hall–Kier alpha value is -2.54. The van der Waals surface area contributed by atoms with Gasteiger partial charge in [-0.1, -0.05) is 12.1 Å². The number of hydrogen-bond donors (Lipinski definition) is 2. The summed E-state index contributed by atoms with van der Waals surface area (Å²) in [6.45, 7) is 3.66. The highest BCUT2D eigenvalue weighted by Gasteiger charge is 2.25. The number of aromatic carboxylic acids is 1. The maximum atomic E-state index is 12.8. The van der Waals surface area contributed by atoms with Crippen molar-refractivity contribution in [3.05, 3.63) is 52.6 Å². The highest BCUT2D eigenvalue weighted by molar-refractivity contribution is 7.92. The third-order valence-corrected chi connectivity index (χ3v) is 5.62. The Kier molecular flexibility index (Phi) is 3.96. The number of carboxylic acid groups (broad SMARTS) is 1. The monoisotopic (exact) mass is 347 g/mol. The Bertz CT molecular complexity index is 934. The van der Waals surface area contributed by atoms with Crippen molar-refractivity contribution in [3.63, 3.8) is 0 Å². The molecule has 0 radical (unpaired) electrons. The summed E-state index contributed by atoms with van der Waals surface area (Å²) < 4.78 is 33.5. The van der Waals surface area contributed by atoms with Gasteiger partial charge in [0, 0.05) is 12.0 Å². The molecule has 2 aromatic carbocycles. The van der Waals surface area contributed by atoms with Crippen LogP contribution >= 0.6 is 0 Å². The summed E-state index contributed by atoms with van der Waals surface area (Å²) in [6, 6.07) is 8.11. The van der Waals surface area contributed by atoms with Gasteiger partial charge in [-0.25, -0.2) is 13.2 Å². The summed E-state index contributed by atoms with van der Waals surface area (Å²) in [5.41, 5.74) is 2.03. The zero-order chi connectivity index (χ0) is 17.5. The van der Waals surface area contributed by atoms with Crippen LogP contribution in [0.4, 0.5) is 5.69 Å². The summed E-state index contributed by atoms with van der Waals surface area (Å²) in [5.74, 6) is -0.474. The van der Waals surface area contributed by atoms with Crippen molar-refractivity contribution >= 4 is 21.7 Å². The SMILES string of the molecule is Cc1ccc(S(=O)(=O)Nc2cccc3c2CCO3)c(C)c1C(=O)O. The number of anilines is 1. The molecule has 0 spiro atoms. The van der Waals surface area contributed by atoms with Crippen LogP contribution in [0.25, 0.3) is 0 Å². The quantitative estimate of drug-likeness (QED) is 0.887. The number of aryl methyl sites for hydroxylation is 1. The van der Waals surface area contributed by atoms with Crippen molar-refractivity contribution in [2.24, 2.45) is 0 Å². The minimum absolute atomic E-state index is 0.0134. The van der Waals surface area contributed by atoms with Gasteiger partial charge >= 0.3 is 5.97 Å². The molecule has 1 aliphatic rings. The van der Waals surface area contributed by atoms with E-state index in [9.17, 15) is 18.3 Å². The van der Waals surface area contributed by atoms with Crippen LogP contribution in [0.15, 0.2) is 35.2 Å². The standard InChI is InChI=1S/C17H17NO5S/c1-10-6-7-15(11(2)16(10)17(19)20)24(21,22)18-13-4-3-5-14-12(13)8-9-23-14/h3-7,18H,8-9H2,1-2H3,(H,19,20). The van der Waals surface area contributed by atoms with Gasteiger partial charge in [0.15, 0.2) is 0 Å². The first-order valence-electron chi connectivity index (χ1n) is 7.42. The Labute approximate surface area is 140 Å². The maximum Gasteiger partial charge on any atom is 0.336 e. The van der Waals surface area contributed by atoms with E-state index >= 15 is 0 Å². The zero-order valence-corrected chi connectivity index (χ0v) is 14.1. The summed E-state index contributed by atoms with van der Waals surface area (Å²) in [7, 11) is -3.91. The molecule has 24 heavy (non-hydrogen) atoms. The lowest BCUT2D eigenvalue weighted by Crippen LogP contribution is -2.17. The third kappa shape index (κ3) is 2.71. The molecule has 0 aromatic heterocycles. The van der Waals surface area contributed by atoms with Gasteiger partial charge in [0.05, 0.1) is 22.8 Å². The predicted molar refractivity (Wildman–Crippen MR) is 89.3 cm³/mol. The fourth-order valence-corrected chi connectivity index (χ4v) is 4.31. The molecule has 0 aliphatic carbocycles. The topological polar surface area (TPSA) is 92.7 Å². The normalized spacial score (nSPS) is 13.2. The molecular formula is C17H17NO5S. The van der Waals surface area contributed by atoms with E-state index in [0.29, 0.717) is 30.0 Å². The van der Waals surface area contributed by atoms with Gasteiger partial charge in [-0.3, -0.25) is 4.72 Å². The Morgan fingerprint density at radius 3 is 2.67 bits per heavy atom. The predicted octanol–water partition coefficient (Wildman–Crippen LogP) is 2.74. The van der Waals surface area contributed by atoms with Crippen molar-refractivity contribution < 1.29 is 23.1 Å². The summed E-state index contributed by atoms with van der Waals surface area (Å²) in [4.78, 5) is 11.4. The number of benzene rings is 2. The van der Waals surface area contributed by atoms with Gasteiger partial charge in [0.25, 0.3) is 10.0 Å². The molecule has 126 valence electrons. The highest BCUT2D eigenvalue weighted by atomic mass is 32.2. The second-order valence-electron chi connectivity index (χ2n) is 5.67. The summed E-state index contributed by atoms with van der Waals surface area (Å²) in [6.07, 6.45) is 0.626. The van der Waals surface area contributed by atoms with Crippen LogP contribution in [0.3, 0.4) is 0 Å². The highest BCUT2D eigenvalue weighted by Crippen LogP contribution is 2.33. The van der Waals surface area contributed by atoms with E-state index in [1.807, 2.05) is 0 Å². The number of rotatable bonds is 4. The van der Waals surface area contributed by atoms with E-state index in [0.717, 1.165) is 5.56 Å². The lowest BCUT2D eigenvalue weighted by Gasteiger charge is -2.15. The largest absolute Gasteiger partial charge is 0.493 e. The molecule has 7 heteroatoms. The molecule has 0 amide bonds. The van der Waals surface area contributed by atoms with Crippen molar-refractivity contribution in [1.82, 2.24) is 0 Å². The van der Waals surface area contributed by atoms with E-state index in [2.05, 4.69) is 4.72 Å². The van der Waals surface area contributed by atoms with Gasteiger partial charge in [-0.2, -0.15) is 0 Å². The first-order valence-corrected chi connectivity index (χ1v) is 8.90. The van der Waals surface area contributed by atoms with Crippen LogP contribution < -0.4 is 9.46 Å². The van der Waals surface area contributed by atoms with Crippen LogP contribution in [-0.2, 0) is 16.4 Å². The third-order valence-electron chi connectivity index (χ3n) is 4.11. The average molecular weight is 347 g/mol. The molecule has 6 nitrogen and oxygen atoms in total. The molecular weight excluding hydrogens is 330 g/mol. The van der Waals surface area contributed by atoms with Crippen molar-refractivity contribution in [2.75, 3.05) is 11.3 Å². The van der Waals surface area contributed by atoms with Crippen molar-refractivity contribution in [3.8, 4) is 5.75 Å². The van der Waals surface area contributed by atoms with E-state index in [4.69, 9.17) is 4.74 Å². The molecule has 3 rings (SSSR count). The van der Waals surface area contributed by atoms with E-state index < -0.39 is 16.0 Å². The van der Waals surface area contributed by atoms with Gasteiger partial charge < -0.3 is 9.84 Å². The van der Waals surface area contributed by atoms with E-state index in [1.54, 1.807) is 25.1 Å². The summed E-state index contributed by atoms with van der Waals surface area (Å²) >= 11 is 0. The number of carbonyl (C=O) groups is 1. The van der Waals surface area contributed by atoms with Crippen LogP contribution in [0, 0.1) is 13.8 Å². The van der Waals surface area contributed by atoms with E-state index in [1.165, 1.54) is 19.1 Å². The van der Waals surface area contributed by atoms with Crippen LogP contribution in [0.2, 0.25) is 0 Å². The van der Waals surface area contributed by atoms with Crippen molar-refractivity contribution in [1.29, 1.82) is 0 Å². The number of carboxylic acids is 1. The molecule has 0 saturated heterocycles. The second-order valence-corrected chi connectivity index (χ2v) is 7.32. The summed E-state index contributed by atoms with van der Waals surface area (Å²) in [5, 5.41) is 9.32. The lowest BCUT2D eigenvalue weighted by molar-refractivity contribution is 0.0695.